The average molecular weight is 303 g/mol. The van der Waals surface area contributed by atoms with Gasteiger partial charge in [-0.3, -0.25) is 9.59 Å². The van der Waals surface area contributed by atoms with Crippen molar-refractivity contribution < 1.29 is 14.3 Å². The molecule has 2 aromatic rings. The van der Waals surface area contributed by atoms with Crippen LogP contribution >= 0.6 is 0 Å². The van der Waals surface area contributed by atoms with Gasteiger partial charge in [0, 0.05) is 18.7 Å². The fraction of sp³-hybridized carbons (Fsp3) is 0.267. The summed E-state index contributed by atoms with van der Waals surface area (Å²) in [7, 11) is 4.60. The van der Waals surface area contributed by atoms with E-state index in [1.54, 1.807) is 38.5 Å². The zero-order chi connectivity index (χ0) is 16.1. The largest absolute Gasteiger partial charge is 0.493 e. The van der Waals surface area contributed by atoms with E-state index in [4.69, 9.17) is 9.47 Å². The highest BCUT2D eigenvalue weighted by Crippen LogP contribution is 2.31. The van der Waals surface area contributed by atoms with Gasteiger partial charge in [0.2, 0.25) is 5.91 Å². The second kappa shape index (κ2) is 6.75. The molecule has 1 amide bonds. The number of rotatable bonds is 5. The molecule has 0 spiro atoms. The van der Waals surface area contributed by atoms with Crippen LogP contribution < -0.4 is 20.3 Å². The number of ether oxygens (including phenoxy) is 2. The van der Waals surface area contributed by atoms with Gasteiger partial charge in [-0.1, -0.05) is 0 Å². The van der Waals surface area contributed by atoms with Gasteiger partial charge in [0.05, 0.1) is 19.9 Å². The van der Waals surface area contributed by atoms with Crippen molar-refractivity contribution in [2.75, 3.05) is 21.3 Å². The molecule has 0 radical (unpaired) electrons. The Hall–Kier alpha value is -2.83. The van der Waals surface area contributed by atoms with Crippen molar-refractivity contribution in [3.63, 3.8) is 0 Å². The van der Waals surface area contributed by atoms with E-state index < -0.39 is 0 Å². The number of carbonyl (C=O) groups is 1. The number of hydrogen-bond donors (Lipinski definition) is 1. The van der Waals surface area contributed by atoms with Crippen LogP contribution in [0.15, 0.2) is 35.1 Å². The Kier molecular flexibility index (Phi) is 4.77. The second-order valence-corrected chi connectivity index (χ2v) is 4.46. The van der Waals surface area contributed by atoms with Crippen molar-refractivity contribution >= 4 is 5.91 Å². The minimum Gasteiger partial charge on any atom is -0.493 e. The molecular weight excluding hydrogens is 286 g/mol. The molecule has 0 saturated carbocycles. The molecule has 0 aliphatic heterocycles. The molecule has 22 heavy (non-hydrogen) atoms. The van der Waals surface area contributed by atoms with Gasteiger partial charge in [0.1, 0.15) is 6.54 Å². The maximum Gasteiger partial charge on any atom is 0.267 e. The molecule has 2 rings (SSSR count). The first-order valence-electron chi connectivity index (χ1n) is 6.60. The number of carbonyl (C=O) groups excluding carboxylic acids is 1. The average Bonchev–Trinajstić information content (AvgIpc) is 2.56. The van der Waals surface area contributed by atoms with Crippen LogP contribution in [-0.2, 0) is 11.3 Å². The van der Waals surface area contributed by atoms with Crippen molar-refractivity contribution in [3.05, 3.63) is 40.7 Å². The molecule has 0 aliphatic rings. The van der Waals surface area contributed by atoms with Gasteiger partial charge in [0.15, 0.2) is 11.5 Å². The van der Waals surface area contributed by atoms with E-state index in [0.29, 0.717) is 17.2 Å². The maximum absolute atomic E-state index is 11.8. The predicted molar refractivity (Wildman–Crippen MR) is 81.1 cm³/mol. The lowest BCUT2D eigenvalue weighted by atomic mass is 10.1. The summed E-state index contributed by atoms with van der Waals surface area (Å²) < 4.78 is 11.5. The van der Waals surface area contributed by atoms with Crippen LogP contribution in [0.4, 0.5) is 0 Å². The van der Waals surface area contributed by atoms with Crippen molar-refractivity contribution in [1.29, 1.82) is 0 Å². The second-order valence-electron chi connectivity index (χ2n) is 4.46. The van der Waals surface area contributed by atoms with Gasteiger partial charge in [-0.25, -0.2) is 4.68 Å². The smallest absolute Gasteiger partial charge is 0.267 e. The Morgan fingerprint density at radius 2 is 1.91 bits per heavy atom. The fourth-order valence-corrected chi connectivity index (χ4v) is 1.93. The minimum atomic E-state index is -0.340. The molecule has 116 valence electrons. The van der Waals surface area contributed by atoms with E-state index in [9.17, 15) is 9.59 Å². The summed E-state index contributed by atoms with van der Waals surface area (Å²) in [5.41, 5.74) is 0.973. The first-order valence-corrected chi connectivity index (χ1v) is 6.60. The number of hydrogen-bond acceptors (Lipinski definition) is 5. The molecule has 0 saturated heterocycles. The number of aromatic nitrogens is 2. The highest BCUT2D eigenvalue weighted by Gasteiger charge is 2.10. The lowest BCUT2D eigenvalue weighted by Crippen LogP contribution is -2.31. The van der Waals surface area contributed by atoms with Gasteiger partial charge in [-0.15, -0.1) is 0 Å². The molecule has 1 aromatic carbocycles. The van der Waals surface area contributed by atoms with E-state index >= 15 is 0 Å². The Morgan fingerprint density at radius 1 is 1.18 bits per heavy atom. The molecular formula is C15H17N3O4. The van der Waals surface area contributed by atoms with Crippen LogP contribution in [0.25, 0.3) is 11.3 Å². The molecule has 7 heteroatoms. The van der Waals surface area contributed by atoms with Gasteiger partial charge in [-0.2, -0.15) is 5.10 Å². The Bertz CT molecular complexity index is 740. The third-order valence-electron chi connectivity index (χ3n) is 3.12. The van der Waals surface area contributed by atoms with Gasteiger partial charge < -0.3 is 14.8 Å². The Balaban J connectivity index is 2.43. The van der Waals surface area contributed by atoms with Crippen molar-refractivity contribution in [2.45, 2.75) is 6.54 Å². The van der Waals surface area contributed by atoms with Crippen LogP contribution in [0.2, 0.25) is 0 Å². The van der Waals surface area contributed by atoms with Crippen molar-refractivity contribution in [3.8, 4) is 22.8 Å². The Morgan fingerprint density at radius 3 is 2.55 bits per heavy atom. The number of likely N-dealkylation sites (N-methyl/N-ethyl adjacent to an activating group) is 1. The van der Waals surface area contributed by atoms with Crippen LogP contribution in [0, 0.1) is 0 Å². The van der Waals surface area contributed by atoms with E-state index in [0.717, 1.165) is 10.2 Å². The quantitative estimate of drug-likeness (QED) is 0.878. The monoisotopic (exact) mass is 303 g/mol. The van der Waals surface area contributed by atoms with Crippen molar-refractivity contribution in [1.82, 2.24) is 15.1 Å². The molecule has 0 fully saturated rings. The summed E-state index contributed by atoms with van der Waals surface area (Å²) in [6.07, 6.45) is 0. The summed E-state index contributed by atoms with van der Waals surface area (Å²) in [6.45, 7) is -0.129. The molecule has 1 aromatic heterocycles. The number of benzene rings is 1. The van der Waals surface area contributed by atoms with Crippen LogP contribution in [0.5, 0.6) is 11.5 Å². The zero-order valence-electron chi connectivity index (χ0n) is 12.6. The van der Waals surface area contributed by atoms with Gasteiger partial charge in [0.25, 0.3) is 5.56 Å². The molecule has 0 bridgehead atoms. The highest BCUT2D eigenvalue weighted by atomic mass is 16.5. The molecule has 0 aliphatic carbocycles. The van der Waals surface area contributed by atoms with Crippen LogP contribution in [0.3, 0.4) is 0 Å². The normalized spacial score (nSPS) is 10.1. The summed E-state index contributed by atoms with van der Waals surface area (Å²) in [6, 6.07) is 8.30. The number of nitrogens with one attached hydrogen (secondary N) is 1. The third kappa shape index (κ3) is 3.25. The lowest BCUT2D eigenvalue weighted by molar-refractivity contribution is -0.121. The van der Waals surface area contributed by atoms with Crippen LogP contribution in [0.1, 0.15) is 0 Å². The summed E-state index contributed by atoms with van der Waals surface area (Å²) in [5, 5.41) is 6.67. The Labute approximate surface area is 127 Å². The SMILES string of the molecule is CNC(=O)Cn1nc(-c2ccc(OC)c(OC)c2)ccc1=O. The molecule has 1 heterocycles. The van der Waals surface area contributed by atoms with Gasteiger partial charge >= 0.3 is 0 Å². The first kappa shape index (κ1) is 15.6. The first-order chi connectivity index (χ1) is 10.6. The lowest BCUT2D eigenvalue weighted by Gasteiger charge is -2.10. The van der Waals surface area contributed by atoms with E-state index in [2.05, 4.69) is 10.4 Å². The molecule has 0 atom stereocenters. The van der Waals surface area contributed by atoms with Crippen molar-refractivity contribution in [2.24, 2.45) is 0 Å². The highest BCUT2D eigenvalue weighted by molar-refractivity contribution is 5.75. The third-order valence-corrected chi connectivity index (χ3v) is 3.12. The van der Waals surface area contributed by atoms with E-state index in [-0.39, 0.29) is 18.0 Å². The number of nitrogens with zero attached hydrogens (tertiary/aromatic N) is 2. The molecule has 7 nitrogen and oxygen atoms in total. The van der Waals surface area contributed by atoms with Crippen LogP contribution in [-0.4, -0.2) is 37.0 Å². The van der Waals surface area contributed by atoms with E-state index in [1.165, 1.54) is 13.1 Å². The number of methoxy groups -OCH3 is 2. The van der Waals surface area contributed by atoms with E-state index in [1.807, 2.05) is 0 Å². The molecule has 0 unspecified atom stereocenters. The topological polar surface area (TPSA) is 82.5 Å². The zero-order valence-corrected chi connectivity index (χ0v) is 12.6. The molecule has 1 N–H and O–H groups in total. The minimum absolute atomic E-state index is 0.129. The number of amides is 1. The summed E-state index contributed by atoms with van der Waals surface area (Å²) >= 11 is 0. The summed E-state index contributed by atoms with van der Waals surface area (Å²) in [4.78, 5) is 23.2. The van der Waals surface area contributed by atoms with Gasteiger partial charge in [-0.05, 0) is 24.3 Å². The fourth-order valence-electron chi connectivity index (χ4n) is 1.93. The summed E-state index contributed by atoms with van der Waals surface area (Å²) in [5.74, 6) is 0.870. The standard InChI is InChI=1S/C15H17N3O4/c1-16-14(19)9-18-15(20)7-5-11(17-18)10-4-6-12(21-2)13(8-10)22-3/h4-8H,9H2,1-3H3,(H,16,19). The maximum atomic E-state index is 11.8. The predicted octanol–water partition coefficient (Wildman–Crippen LogP) is 0.673.